The van der Waals surface area contributed by atoms with Gasteiger partial charge in [-0.2, -0.15) is 0 Å². The number of amides is 2. The molecule has 0 bridgehead atoms. The van der Waals surface area contributed by atoms with Crippen LogP contribution in [0.2, 0.25) is 5.02 Å². The van der Waals surface area contributed by atoms with Crippen LogP contribution in [0.15, 0.2) is 109 Å². The number of carbonyl (C=O) groups is 2. The van der Waals surface area contributed by atoms with E-state index in [-0.39, 0.29) is 37.1 Å². The standard InChI is InChI=1S/C32H30ClFN2O2/c33-29-14-8-7-13-27(29)22-35-32(38)30(21-25-11-5-2-6-12-25)36(23-26-15-18-28(34)19-16-26)31(37)20-17-24-9-3-1-4-10-24/h1-16,18-19,30H,17,20-23H2,(H,35,38)/t30-/m1/s1. The van der Waals surface area contributed by atoms with E-state index in [1.807, 2.05) is 78.9 Å². The van der Waals surface area contributed by atoms with Crippen molar-refractivity contribution < 1.29 is 14.0 Å². The van der Waals surface area contributed by atoms with E-state index in [9.17, 15) is 14.0 Å². The molecule has 0 saturated heterocycles. The van der Waals surface area contributed by atoms with E-state index >= 15 is 0 Å². The second-order valence-electron chi connectivity index (χ2n) is 9.15. The van der Waals surface area contributed by atoms with Crippen LogP contribution in [0.5, 0.6) is 0 Å². The number of rotatable bonds is 11. The summed E-state index contributed by atoms with van der Waals surface area (Å²) in [6.45, 7) is 0.428. The molecule has 0 heterocycles. The first kappa shape index (κ1) is 27.1. The molecule has 0 aromatic heterocycles. The van der Waals surface area contributed by atoms with Crippen LogP contribution in [0, 0.1) is 5.82 Å². The van der Waals surface area contributed by atoms with Gasteiger partial charge in [0.05, 0.1) is 0 Å². The molecule has 0 unspecified atom stereocenters. The number of nitrogens with zero attached hydrogens (tertiary/aromatic N) is 1. The molecule has 0 spiro atoms. The van der Waals surface area contributed by atoms with Gasteiger partial charge in [0.15, 0.2) is 0 Å². The van der Waals surface area contributed by atoms with Crippen LogP contribution in [-0.2, 0) is 35.5 Å². The Morgan fingerprint density at radius 3 is 2.03 bits per heavy atom. The molecule has 1 atom stereocenters. The Morgan fingerprint density at radius 1 is 0.763 bits per heavy atom. The molecule has 0 radical (unpaired) electrons. The maximum atomic E-state index is 13.7. The third-order valence-corrected chi connectivity index (χ3v) is 6.79. The summed E-state index contributed by atoms with van der Waals surface area (Å²) in [6.07, 6.45) is 1.14. The lowest BCUT2D eigenvalue weighted by Gasteiger charge is -2.32. The Morgan fingerprint density at radius 2 is 1.37 bits per heavy atom. The number of carbonyl (C=O) groups excluding carboxylic acids is 2. The highest BCUT2D eigenvalue weighted by molar-refractivity contribution is 6.31. The van der Waals surface area contributed by atoms with Crippen molar-refractivity contribution in [2.75, 3.05) is 0 Å². The first-order chi connectivity index (χ1) is 18.5. The van der Waals surface area contributed by atoms with E-state index in [1.165, 1.54) is 12.1 Å². The van der Waals surface area contributed by atoms with Gasteiger partial charge in [0.1, 0.15) is 11.9 Å². The molecule has 4 aromatic rings. The smallest absolute Gasteiger partial charge is 0.243 e. The van der Waals surface area contributed by atoms with Crippen LogP contribution >= 0.6 is 11.6 Å². The predicted molar refractivity (Wildman–Crippen MR) is 149 cm³/mol. The lowest BCUT2D eigenvalue weighted by atomic mass is 10.0. The largest absolute Gasteiger partial charge is 0.350 e. The molecule has 4 rings (SSSR count). The molecular weight excluding hydrogens is 499 g/mol. The lowest BCUT2D eigenvalue weighted by Crippen LogP contribution is -2.50. The molecule has 2 amide bonds. The molecule has 1 N–H and O–H groups in total. The Hall–Kier alpha value is -3.96. The summed E-state index contributed by atoms with van der Waals surface area (Å²) in [5.41, 5.74) is 3.52. The Kier molecular flexibility index (Phi) is 9.65. The van der Waals surface area contributed by atoms with Gasteiger partial charge >= 0.3 is 0 Å². The van der Waals surface area contributed by atoms with E-state index in [1.54, 1.807) is 23.1 Å². The van der Waals surface area contributed by atoms with Crippen molar-refractivity contribution in [3.05, 3.63) is 142 Å². The van der Waals surface area contributed by atoms with Crippen molar-refractivity contribution in [3.8, 4) is 0 Å². The van der Waals surface area contributed by atoms with Gasteiger partial charge in [0.2, 0.25) is 11.8 Å². The molecule has 194 valence electrons. The van der Waals surface area contributed by atoms with E-state index in [4.69, 9.17) is 11.6 Å². The second-order valence-corrected chi connectivity index (χ2v) is 9.56. The summed E-state index contributed by atoms with van der Waals surface area (Å²) in [4.78, 5) is 29.0. The zero-order valence-corrected chi connectivity index (χ0v) is 21.8. The fourth-order valence-electron chi connectivity index (χ4n) is 4.32. The molecular formula is C32H30ClFN2O2. The second kappa shape index (κ2) is 13.5. The highest BCUT2D eigenvalue weighted by Crippen LogP contribution is 2.19. The average molecular weight is 529 g/mol. The van der Waals surface area contributed by atoms with Gasteiger partial charge in [-0.3, -0.25) is 9.59 Å². The molecule has 38 heavy (non-hydrogen) atoms. The highest BCUT2D eigenvalue weighted by Gasteiger charge is 2.30. The fourth-order valence-corrected chi connectivity index (χ4v) is 4.52. The van der Waals surface area contributed by atoms with Gasteiger partial charge < -0.3 is 10.2 Å². The molecule has 0 aliphatic rings. The molecule has 0 aliphatic carbocycles. The maximum absolute atomic E-state index is 13.7. The first-order valence-corrected chi connectivity index (χ1v) is 13.0. The average Bonchev–Trinajstić information content (AvgIpc) is 2.95. The molecule has 4 aromatic carbocycles. The van der Waals surface area contributed by atoms with E-state index < -0.39 is 6.04 Å². The van der Waals surface area contributed by atoms with Gasteiger partial charge in [0, 0.05) is 31.0 Å². The van der Waals surface area contributed by atoms with Crippen molar-refractivity contribution in [1.29, 1.82) is 0 Å². The normalized spacial score (nSPS) is 11.5. The third kappa shape index (κ3) is 7.77. The first-order valence-electron chi connectivity index (χ1n) is 12.6. The van der Waals surface area contributed by atoms with Crippen molar-refractivity contribution >= 4 is 23.4 Å². The van der Waals surface area contributed by atoms with Gasteiger partial charge in [-0.15, -0.1) is 0 Å². The van der Waals surface area contributed by atoms with Crippen molar-refractivity contribution in [1.82, 2.24) is 10.2 Å². The summed E-state index contributed by atoms with van der Waals surface area (Å²) in [7, 11) is 0. The molecule has 6 heteroatoms. The minimum absolute atomic E-state index is 0.146. The van der Waals surface area contributed by atoms with Crippen molar-refractivity contribution in [2.24, 2.45) is 0 Å². The van der Waals surface area contributed by atoms with Crippen LogP contribution in [-0.4, -0.2) is 22.8 Å². The molecule has 4 nitrogen and oxygen atoms in total. The minimum Gasteiger partial charge on any atom is -0.350 e. The number of hydrogen-bond acceptors (Lipinski definition) is 2. The topological polar surface area (TPSA) is 49.4 Å². The van der Waals surface area contributed by atoms with Crippen LogP contribution < -0.4 is 5.32 Å². The fraction of sp³-hybridized carbons (Fsp3) is 0.188. The molecule has 0 fully saturated rings. The lowest BCUT2D eigenvalue weighted by molar-refractivity contribution is -0.141. The summed E-state index contributed by atoms with van der Waals surface area (Å²) in [5, 5.41) is 3.55. The maximum Gasteiger partial charge on any atom is 0.243 e. The number of aryl methyl sites for hydroxylation is 1. The Balaban J connectivity index is 1.61. The monoisotopic (exact) mass is 528 g/mol. The van der Waals surface area contributed by atoms with Crippen molar-refractivity contribution in [2.45, 2.75) is 38.4 Å². The molecule has 0 saturated carbocycles. The SMILES string of the molecule is O=C(NCc1ccccc1Cl)[C@@H](Cc1ccccc1)N(Cc1ccc(F)cc1)C(=O)CCc1ccccc1. The van der Waals surface area contributed by atoms with Crippen LogP contribution in [0.25, 0.3) is 0 Å². The van der Waals surface area contributed by atoms with Crippen LogP contribution in [0.4, 0.5) is 4.39 Å². The summed E-state index contributed by atoms with van der Waals surface area (Å²) in [6, 6.07) is 32.0. The minimum atomic E-state index is -0.770. The number of nitrogens with one attached hydrogen (secondary N) is 1. The number of benzene rings is 4. The number of hydrogen-bond donors (Lipinski definition) is 1. The van der Waals surface area contributed by atoms with Gasteiger partial charge in [-0.1, -0.05) is 103 Å². The number of halogens is 2. The molecule has 0 aliphatic heterocycles. The third-order valence-electron chi connectivity index (χ3n) is 6.42. The van der Waals surface area contributed by atoms with Gasteiger partial charge in [-0.25, -0.2) is 4.39 Å². The predicted octanol–water partition coefficient (Wildman–Crippen LogP) is 6.37. The van der Waals surface area contributed by atoms with E-state index in [2.05, 4.69) is 5.32 Å². The van der Waals surface area contributed by atoms with Crippen LogP contribution in [0.3, 0.4) is 0 Å². The van der Waals surface area contributed by atoms with E-state index in [0.29, 0.717) is 17.9 Å². The van der Waals surface area contributed by atoms with Gasteiger partial charge in [0.25, 0.3) is 0 Å². The zero-order chi connectivity index (χ0) is 26.7. The Labute approximate surface area is 228 Å². The van der Waals surface area contributed by atoms with Crippen LogP contribution in [0.1, 0.15) is 28.7 Å². The van der Waals surface area contributed by atoms with Gasteiger partial charge in [-0.05, 0) is 46.9 Å². The van der Waals surface area contributed by atoms with E-state index in [0.717, 1.165) is 22.3 Å². The van der Waals surface area contributed by atoms with Crippen molar-refractivity contribution in [3.63, 3.8) is 0 Å². The summed E-state index contributed by atoms with van der Waals surface area (Å²) >= 11 is 6.30. The summed E-state index contributed by atoms with van der Waals surface area (Å²) in [5.74, 6) is -0.773. The zero-order valence-electron chi connectivity index (χ0n) is 21.0. The quantitative estimate of drug-likeness (QED) is 0.246. The highest BCUT2D eigenvalue weighted by atomic mass is 35.5. The Bertz CT molecular complexity index is 1330. The summed E-state index contributed by atoms with van der Waals surface area (Å²) < 4.78 is 13.6.